The van der Waals surface area contributed by atoms with Crippen molar-refractivity contribution >= 4 is 11.8 Å². The van der Waals surface area contributed by atoms with Gasteiger partial charge in [0.2, 0.25) is 0 Å². The van der Waals surface area contributed by atoms with E-state index in [0.717, 1.165) is 16.8 Å². The molecule has 1 aliphatic heterocycles. The van der Waals surface area contributed by atoms with Crippen molar-refractivity contribution in [2.24, 2.45) is 5.92 Å². The van der Waals surface area contributed by atoms with Crippen LogP contribution in [0, 0.1) is 5.92 Å². The van der Waals surface area contributed by atoms with Crippen molar-refractivity contribution in [1.29, 1.82) is 0 Å². The van der Waals surface area contributed by atoms with E-state index in [1.54, 1.807) is 18.2 Å². The van der Waals surface area contributed by atoms with Crippen molar-refractivity contribution in [1.82, 2.24) is 5.32 Å². The van der Waals surface area contributed by atoms with Gasteiger partial charge in [0.05, 0.1) is 18.1 Å². The maximum absolute atomic E-state index is 13.3. The van der Waals surface area contributed by atoms with Gasteiger partial charge in [0.15, 0.2) is 11.5 Å². The summed E-state index contributed by atoms with van der Waals surface area (Å²) >= 11 is 0. The minimum absolute atomic E-state index is 0.0178. The number of carbonyl (C=O) groups is 2. The highest BCUT2D eigenvalue weighted by Gasteiger charge is 2.43. The smallest absolute Gasteiger partial charge is 0.336 e. The SMILES string of the molecule is CCOc1cc(C2C(C(=O)OCc3ccccc3)=C(C)NC3=CCCC(=O)C32)ccc1O. The molecule has 6 nitrogen and oxygen atoms in total. The number of ketones is 1. The third-order valence-corrected chi connectivity index (χ3v) is 5.89. The Kier molecular flexibility index (Phi) is 6.30. The lowest BCUT2D eigenvalue weighted by atomic mass is 9.71. The van der Waals surface area contributed by atoms with Crippen LogP contribution in [0.15, 0.2) is 71.6 Å². The number of nitrogens with one attached hydrogen (secondary N) is 1. The Morgan fingerprint density at radius 3 is 2.69 bits per heavy atom. The third kappa shape index (κ3) is 4.26. The van der Waals surface area contributed by atoms with E-state index in [-0.39, 0.29) is 18.1 Å². The van der Waals surface area contributed by atoms with Crippen molar-refractivity contribution < 1.29 is 24.2 Å². The highest BCUT2D eigenvalue weighted by molar-refractivity contribution is 5.96. The number of esters is 1. The first kappa shape index (κ1) is 21.7. The van der Waals surface area contributed by atoms with Gasteiger partial charge in [-0.25, -0.2) is 4.79 Å². The Morgan fingerprint density at radius 1 is 1.16 bits per heavy atom. The van der Waals surface area contributed by atoms with Crippen LogP contribution >= 0.6 is 0 Å². The highest BCUT2D eigenvalue weighted by Crippen LogP contribution is 2.45. The predicted molar refractivity (Wildman–Crippen MR) is 120 cm³/mol. The lowest BCUT2D eigenvalue weighted by molar-refractivity contribution is -0.141. The lowest BCUT2D eigenvalue weighted by Crippen LogP contribution is -2.40. The molecule has 6 heteroatoms. The molecule has 166 valence electrons. The van der Waals surface area contributed by atoms with Crippen molar-refractivity contribution in [3.8, 4) is 11.5 Å². The fourth-order valence-corrected chi connectivity index (χ4v) is 4.44. The van der Waals surface area contributed by atoms with E-state index >= 15 is 0 Å². The topological polar surface area (TPSA) is 84.9 Å². The molecule has 2 aromatic rings. The van der Waals surface area contributed by atoms with Crippen LogP contribution in [-0.2, 0) is 20.9 Å². The lowest BCUT2D eigenvalue weighted by Gasteiger charge is -2.38. The van der Waals surface area contributed by atoms with Gasteiger partial charge in [-0.3, -0.25) is 4.79 Å². The second-order valence-electron chi connectivity index (χ2n) is 8.01. The number of ether oxygens (including phenoxy) is 2. The zero-order valence-electron chi connectivity index (χ0n) is 18.3. The van der Waals surface area contributed by atoms with E-state index in [9.17, 15) is 14.7 Å². The standard InChI is InChI=1S/C26H27NO5/c1-3-31-22-14-18(12-13-20(22)28)24-23(26(30)32-15-17-8-5-4-6-9-17)16(2)27-19-10-7-11-21(29)25(19)24/h4-6,8-10,12-14,24-25,27-28H,3,7,11,15H2,1-2H3. The Morgan fingerprint density at radius 2 is 1.94 bits per heavy atom. The third-order valence-electron chi connectivity index (χ3n) is 5.89. The van der Waals surface area contributed by atoms with Crippen molar-refractivity contribution in [3.05, 3.63) is 82.7 Å². The fraction of sp³-hybridized carbons (Fsp3) is 0.308. The molecule has 4 rings (SSSR count). The summed E-state index contributed by atoms with van der Waals surface area (Å²) in [6.07, 6.45) is 3.12. The van der Waals surface area contributed by atoms with Gasteiger partial charge in [0.1, 0.15) is 12.4 Å². The number of aromatic hydroxyl groups is 1. The summed E-state index contributed by atoms with van der Waals surface area (Å²) in [6, 6.07) is 14.5. The summed E-state index contributed by atoms with van der Waals surface area (Å²) in [7, 11) is 0. The molecule has 0 fully saturated rings. The van der Waals surface area contributed by atoms with E-state index in [2.05, 4.69) is 5.32 Å². The first-order valence-electron chi connectivity index (χ1n) is 10.9. The van der Waals surface area contributed by atoms with Gasteiger partial charge >= 0.3 is 5.97 Å². The van der Waals surface area contributed by atoms with E-state index in [4.69, 9.17) is 9.47 Å². The summed E-state index contributed by atoms with van der Waals surface area (Å²) in [5, 5.41) is 13.4. The van der Waals surface area contributed by atoms with Crippen LogP contribution in [0.5, 0.6) is 11.5 Å². The maximum atomic E-state index is 13.3. The van der Waals surface area contributed by atoms with Crippen molar-refractivity contribution in [3.63, 3.8) is 0 Å². The van der Waals surface area contributed by atoms with Crippen molar-refractivity contribution in [2.75, 3.05) is 6.61 Å². The normalized spacial score (nSPS) is 20.2. The zero-order valence-corrected chi connectivity index (χ0v) is 18.3. The summed E-state index contributed by atoms with van der Waals surface area (Å²) in [5.74, 6) is -1.08. The maximum Gasteiger partial charge on any atom is 0.336 e. The molecule has 2 atom stereocenters. The Hall–Kier alpha value is -3.54. The number of rotatable bonds is 6. The van der Waals surface area contributed by atoms with Crippen LogP contribution in [0.3, 0.4) is 0 Å². The van der Waals surface area contributed by atoms with Crippen LogP contribution in [0.1, 0.15) is 43.7 Å². The van der Waals surface area contributed by atoms with Gasteiger partial charge in [-0.2, -0.15) is 0 Å². The first-order chi connectivity index (χ1) is 15.5. The summed E-state index contributed by atoms with van der Waals surface area (Å²) in [6.45, 7) is 4.19. The summed E-state index contributed by atoms with van der Waals surface area (Å²) in [5.41, 5.74) is 3.51. The largest absolute Gasteiger partial charge is 0.504 e. The minimum Gasteiger partial charge on any atom is -0.504 e. The van der Waals surface area contributed by atoms with Crippen LogP contribution in [0.4, 0.5) is 0 Å². The number of hydrogen-bond acceptors (Lipinski definition) is 6. The minimum atomic E-state index is -0.529. The molecule has 1 heterocycles. The van der Waals surface area contributed by atoms with Crippen LogP contribution in [-0.4, -0.2) is 23.5 Å². The quantitative estimate of drug-likeness (QED) is 0.659. The molecule has 0 spiro atoms. The number of fused-ring (bicyclic) bond motifs is 1. The summed E-state index contributed by atoms with van der Waals surface area (Å²) < 4.78 is 11.2. The monoisotopic (exact) mass is 433 g/mol. The zero-order chi connectivity index (χ0) is 22.7. The van der Waals surface area contributed by atoms with Crippen molar-refractivity contribution in [2.45, 2.75) is 39.2 Å². The van der Waals surface area contributed by atoms with E-state index in [1.165, 1.54) is 0 Å². The molecular formula is C26H27NO5. The number of Topliss-reactive ketones (excluding diaryl/α,β-unsaturated/α-hetero) is 1. The van der Waals surface area contributed by atoms with Crippen LogP contribution in [0.2, 0.25) is 0 Å². The molecule has 0 saturated heterocycles. The van der Waals surface area contributed by atoms with Crippen LogP contribution in [0.25, 0.3) is 0 Å². The molecule has 2 N–H and O–H groups in total. The predicted octanol–water partition coefficient (Wildman–Crippen LogP) is 4.36. The number of allylic oxidation sites excluding steroid dienone is 3. The number of benzene rings is 2. The molecule has 2 aromatic carbocycles. The van der Waals surface area contributed by atoms with E-state index in [1.807, 2.05) is 50.3 Å². The van der Waals surface area contributed by atoms with Gasteiger partial charge in [-0.1, -0.05) is 42.5 Å². The second-order valence-corrected chi connectivity index (χ2v) is 8.01. The molecule has 0 aromatic heterocycles. The van der Waals surface area contributed by atoms with Gasteiger partial charge in [-0.15, -0.1) is 0 Å². The molecule has 0 bridgehead atoms. The number of hydrogen-bond donors (Lipinski definition) is 2. The highest BCUT2D eigenvalue weighted by atomic mass is 16.5. The molecule has 1 aliphatic carbocycles. The molecule has 2 unspecified atom stereocenters. The van der Waals surface area contributed by atoms with Crippen LogP contribution < -0.4 is 10.1 Å². The number of phenols is 1. The van der Waals surface area contributed by atoms with Gasteiger partial charge < -0.3 is 19.9 Å². The number of phenolic OH excluding ortho intramolecular Hbond substituents is 1. The molecule has 0 saturated carbocycles. The Bertz CT molecular complexity index is 1090. The second kappa shape index (κ2) is 9.30. The molecule has 0 amide bonds. The summed E-state index contributed by atoms with van der Waals surface area (Å²) in [4.78, 5) is 26.3. The molecule has 2 aliphatic rings. The molecule has 32 heavy (non-hydrogen) atoms. The van der Waals surface area contributed by atoms with E-state index in [0.29, 0.717) is 36.5 Å². The fourth-order valence-electron chi connectivity index (χ4n) is 4.44. The van der Waals surface area contributed by atoms with Gasteiger partial charge in [-0.05, 0) is 43.5 Å². The Balaban J connectivity index is 1.74. The molecule has 0 radical (unpaired) electrons. The first-order valence-corrected chi connectivity index (χ1v) is 10.9. The van der Waals surface area contributed by atoms with Gasteiger partial charge in [0.25, 0.3) is 0 Å². The molecular weight excluding hydrogens is 406 g/mol. The average Bonchev–Trinajstić information content (AvgIpc) is 2.79. The number of carbonyl (C=O) groups excluding carboxylic acids is 2. The Labute approximate surface area is 187 Å². The average molecular weight is 434 g/mol. The van der Waals surface area contributed by atoms with E-state index < -0.39 is 17.8 Å². The van der Waals surface area contributed by atoms with Gasteiger partial charge in [0, 0.05) is 23.7 Å².